The lowest BCUT2D eigenvalue weighted by Crippen LogP contribution is -2.25. The van der Waals surface area contributed by atoms with E-state index < -0.39 is 5.25 Å². The molecule has 0 aliphatic heterocycles. The molecule has 0 fully saturated rings. The maximum absolute atomic E-state index is 12.6. The minimum absolute atomic E-state index is 0.161. The van der Waals surface area contributed by atoms with E-state index in [-0.39, 0.29) is 18.4 Å². The molecule has 2 aromatic heterocycles. The molecule has 2 amide bonds. The van der Waals surface area contributed by atoms with Crippen molar-refractivity contribution in [3.8, 4) is 0 Å². The van der Waals surface area contributed by atoms with Crippen LogP contribution in [-0.2, 0) is 17.9 Å². The first-order valence-corrected chi connectivity index (χ1v) is 11.8. The number of allylic oxidation sites excluding steroid dienone is 1. The quantitative estimate of drug-likeness (QED) is 0.363. The van der Waals surface area contributed by atoms with Crippen molar-refractivity contribution in [2.75, 3.05) is 5.32 Å². The highest BCUT2D eigenvalue weighted by Crippen LogP contribution is 2.26. The monoisotopic (exact) mass is 470 g/mol. The first-order chi connectivity index (χ1) is 15.3. The minimum atomic E-state index is -0.415. The third-order valence-electron chi connectivity index (χ3n) is 4.70. The van der Waals surface area contributed by atoms with Crippen molar-refractivity contribution in [1.82, 2.24) is 25.1 Å². The molecule has 0 radical (unpaired) electrons. The molecule has 2 heterocycles. The fourth-order valence-electron chi connectivity index (χ4n) is 2.84. The number of thiazole rings is 1. The molecule has 10 heteroatoms. The Balaban J connectivity index is 1.66. The maximum Gasteiger partial charge on any atom is 0.251 e. The summed E-state index contributed by atoms with van der Waals surface area (Å²) in [6.07, 6.45) is 1.73. The summed E-state index contributed by atoms with van der Waals surface area (Å²) >= 11 is 2.75. The summed E-state index contributed by atoms with van der Waals surface area (Å²) in [6.45, 7) is 12.1. The SMILES string of the molecule is C=CCn1c(CNC(=O)c2cccc(C)c2)nnc1S[C@H](C)C(=O)Nc1nc(C)c(C)s1. The summed E-state index contributed by atoms with van der Waals surface area (Å²) < 4.78 is 1.84. The number of carbonyl (C=O) groups excluding carboxylic acids is 2. The normalized spacial score (nSPS) is 11.8. The van der Waals surface area contributed by atoms with Crippen LogP contribution in [0.15, 0.2) is 42.1 Å². The van der Waals surface area contributed by atoms with Crippen LogP contribution in [0.3, 0.4) is 0 Å². The van der Waals surface area contributed by atoms with Crippen LogP contribution < -0.4 is 10.6 Å². The van der Waals surface area contributed by atoms with Gasteiger partial charge in [0.25, 0.3) is 5.91 Å². The zero-order valence-electron chi connectivity index (χ0n) is 18.5. The smallest absolute Gasteiger partial charge is 0.251 e. The van der Waals surface area contributed by atoms with E-state index in [2.05, 4.69) is 32.4 Å². The number of hydrogen-bond acceptors (Lipinski definition) is 7. The molecule has 0 bridgehead atoms. The van der Waals surface area contributed by atoms with Gasteiger partial charge in [0.15, 0.2) is 16.1 Å². The van der Waals surface area contributed by atoms with E-state index in [0.29, 0.717) is 28.2 Å². The zero-order valence-corrected chi connectivity index (χ0v) is 20.1. The average molecular weight is 471 g/mol. The lowest BCUT2D eigenvalue weighted by Gasteiger charge is -2.12. The van der Waals surface area contributed by atoms with Gasteiger partial charge in [-0.2, -0.15) is 0 Å². The number of thioether (sulfide) groups is 1. The molecule has 0 saturated carbocycles. The average Bonchev–Trinajstić information content (AvgIpc) is 3.28. The van der Waals surface area contributed by atoms with Crippen LogP contribution >= 0.6 is 23.1 Å². The van der Waals surface area contributed by atoms with Crippen molar-refractivity contribution >= 4 is 40.0 Å². The van der Waals surface area contributed by atoms with E-state index in [1.165, 1.54) is 23.1 Å². The number of aromatic nitrogens is 4. The number of aryl methyl sites for hydroxylation is 3. The Bertz CT molecular complexity index is 1120. The predicted molar refractivity (Wildman–Crippen MR) is 128 cm³/mol. The van der Waals surface area contributed by atoms with Crippen molar-refractivity contribution < 1.29 is 9.59 Å². The molecule has 3 rings (SSSR count). The van der Waals surface area contributed by atoms with Gasteiger partial charge >= 0.3 is 0 Å². The highest BCUT2D eigenvalue weighted by atomic mass is 32.2. The van der Waals surface area contributed by atoms with Crippen molar-refractivity contribution in [2.45, 2.75) is 51.2 Å². The molecule has 3 aromatic rings. The first kappa shape index (κ1) is 23.7. The van der Waals surface area contributed by atoms with Gasteiger partial charge in [0, 0.05) is 17.0 Å². The van der Waals surface area contributed by atoms with Crippen LogP contribution in [0.2, 0.25) is 0 Å². The van der Waals surface area contributed by atoms with Crippen LogP contribution in [-0.4, -0.2) is 36.8 Å². The lowest BCUT2D eigenvalue weighted by atomic mass is 10.1. The predicted octanol–water partition coefficient (Wildman–Crippen LogP) is 3.90. The molecule has 8 nitrogen and oxygen atoms in total. The lowest BCUT2D eigenvalue weighted by molar-refractivity contribution is -0.115. The third-order valence-corrected chi connectivity index (χ3v) is 6.77. The van der Waals surface area contributed by atoms with Gasteiger partial charge < -0.3 is 15.2 Å². The molecule has 0 aliphatic carbocycles. The Morgan fingerprint density at radius 3 is 2.72 bits per heavy atom. The summed E-state index contributed by atoms with van der Waals surface area (Å²) in [6, 6.07) is 7.38. The van der Waals surface area contributed by atoms with Crippen molar-refractivity contribution in [3.05, 3.63) is 64.4 Å². The summed E-state index contributed by atoms with van der Waals surface area (Å²) in [7, 11) is 0. The zero-order chi connectivity index (χ0) is 23.3. The van der Waals surface area contributed by atoms with Gasteiger partial charge in [-0.25, -0.2) is 4.98 Å². The number of benzene rings is 1. The number of hydrogen-bond donors (Lipinski definition) is 2. The molecule has 0 spiro atoms. The minimum Gasteiger partial charge on any atom is -0.345 e. The molecule has 0 unspecified atom stereocenters. The van der Waals surface area contributed by atoms with Gasteiger partial charge in [-0.05, 0) is 39.8 Å². The van der Waals surface area contributed by atoms with E-state index >= 15 is 0 Å². The Hall–Kier alpha value is -2.98. The highest BCUT2D eigenvalue weighted by molar-refractivity contribution is 8.00. The van der Waals surface area contributed by atoms with Gasteiger partial charge in [0.2, 0.25) is 5.91 Å². The van der Waals surface area contributed by atoms with Crippen molar-refractivity contribution in [3.63, 3.8) is 0 Å². The molecular formula is C22H26N6O2S2. The van der Waals surface area contributed by atoms with E-state index in [1.807, 2.05) is 43.5 Å². The maximum atomic E-state index is 12.6. The third kappa shape index (κ3) is 5.83. The highest BCUT2D eigenvalue weighted by Gasteiger charge is 2.21. The van der Waals surface area contributed by atoms with Crippen LogP contribution in [0, 0.1) is 20.8 Å². The number of amides is 2. The van der Waals surface area contributed by atoms with E-state index in [1.54, 1.807) is 19.1 Å². The fraction of sp³-hybridized carbons (Fsp3) is 0.318. The number of carbonyl (C=O) groups is 2. The molecule has 1 atom stereocenters. The standard InChI is InChI=1S/C22H26N6O2S2/c1-6-10-28-18(12-23-20(30)17-9-7-8-13(2)11-17)26-27-22(28)32-16(5)19(29)25-21-24-14(3)15(4)31-21/h6-9,11,16H,1,10,12H2,2-5H3,(H,23,30)(H,24,25,29)/t16-/m1/s1. The number of anilines is 1. The second-order valence-electron chi connectivity index (χ2n) is 7.26. The number of nitrogens with one attached hydrogen (secondary N) is 2. The van der Waals surface area contributed by atoms with E-state index in [9.17, 15) is 9.59 Å². The summed E-state index contributed by atoms with van der Waals surface area (Å²) in [4.78, 5) is 30.5. The summed E-state index contributed by atoms with van der Waals surface area (Å²) in [5.41, 5.74) is 2.52. The second-order valence-corrected chi connectivity index (χ2v) is 9.77. The van der Waals surface area contributed by atoms with Gasteiger partial charge in [-0.15, -0.1) is 28.1 Å². The Labute approximate surface area is 195 Å². The van der Waals surface area contributed by atoms with Gasteiger partial charge in [-0.1, -0.05) is 35.5 Å². The van der Waals surface area contributed by atoms with Crippen molar-refractivity contribution in [1.29, 1.82) is 0 Å². The summed E-state index contributed by atoms with van der Waals surface area (Å²) in [5.74, 6) is 0.247. The van der Waals surface area contributed by atoms with E-state index in [0.717, 1.165) is 16.1 Å². The Morgan fingerprint density at radius 2 is 2.06 bits per heavy atom. The van der Waals surface area contributed by atoms with Gasteiger partial charge in [0.1, 0.15) is 0 Å². The molecule has 32 heavy (non-hydrogen) atoms. The Morgan fingerprint density at radius 1 is 1.28 bits per heavy atom. The molecular weight excluding hydrogens is 444 g/mol. The fourth-order valence-corrected chi connectivity index (χ4v) is 4.54. The molecule has 168 valence electrons. The van der Waals surface area contributed by atoms with Crippen LogP contribution in [0.25, 0.3) is 0 Å². The number of nitrogens with zero attached hydrogens (tertiary/aromatic N) is 4. The van der Waals surface area contributed by atoms with E-state index in [4.69, 9.17) is 0 Å². The topological polar surface area (TPSA) is 102 Å². The molecule has 0 saturated heterocycles. The molecule has 2 N–H and O–H groups in total. The molecule has 1 aromatic carbocycles. The van der Waals surface area contributed by atoms with Crippen LogP contribution in [0.1, 0.15) is 39.2 Å². The second kappa shape index (κ2) is 10.6. The summed E-state index contributed by atoms with van der Waals surface area (Å²) in [5, 5.41) is 14.9. The largest absolute Gasteiger partial charge is 0.345 e. The van der Waals surface area contributed by atoms with Gasteiger partial charge in [0.05, 0.1) is 17.5 Å². The van der Waals surface area contributed by atoms with Gasteiger partial charge in [-0.3, -0.25) is 9.59 Å². The number of rotatable bonds is 9. The first-order valence-electron chi connectivity index (χ1n) is 10.1. The Kier molecular flexibility index (Phi) is 7.81. The van der Waals surface area contributed by atoms with Crippen LogP contribution in [0.5, 0.6) is 0 Å². The van der Waals surface area contributed by atoms with Crippen LogP contribution in [0.4, 0.5) is 5.13 Å². The van der Waals surface area contributed by atoms with Crippen molar-refractivity contribution in [2.24, 2.45) is 0 Å². The molecule has 0 aliphatic rings.